The summed E-state index contributed by atoms with van der Waals surface area (Å²) in [6.45, 7) is 2.74. The van der Waals surface area contributed by atoms with Gasteiger partial charge in [-0.2, -0.15) is 11.8 Å². The third-order valence-corrected chi connectivity index (χ3v) is 14.8. The van der Waals surface area contributed by atoms with Gasteiger partial charge in [0, 0.05) is 84.2 Å². The Balaban J connectivity index is 0.840. The van der Waals surface area contributed by atoms with Crippen LogP contribution < -0.4 is 26.8 Å². The van der Waals surface area contributed by atoms with Gasteiger partial charge in [-0.25, -0.2) is 14.2 Å². The molecule has 2 aromatic carbocycles. The van der Waals surface area contributed by atoms with Gasteiger partial charge in [-0.3, -0.25) is 43.3 Å². The normalized spacial score (nSPS) is 15.9. The van der Waals surface area contributed by atoms with Crippen molar-refractivity contribution in [2.24, 2.45) is 0 Å². The van der Waals surface area contributed by atoms with E-state index in [1.54, 1.807) is 66.6 Å². The minimum atomic E-state index is -1.98. The summed E-state index contributed by atoms with van der Waals surface area (Å²) in [5.74, 6) is -2.24. The molecule has 3 aliphatic heterocycles. The second kappa shape index (κ2) is 24.1. The van der Waals surface area contributed by atoms with Gasteiger partial charge in [0.1, 0.15) is 24.2 Å². The lowest BCUT2D eigenvalue weighted by molar-refractivity contribution is -0.172. The van der Waals surface area contributed by atoms with Crippen LogP contribution in [0.2, 0.25) is 0 Å². The number of nitrogens with one attached hydrogen (secondary N) is 4. The number of carbonyl (C=O) groups excluding carboxylic acids is 8. The first kappa shape index (κ1) is 53.1. The molecule has 0 spiro atoms. The van der Waals surface area contributed by atoms with Crippen LogP contribution in [-0.4, -0.2) is 110 Å². The fraction of sp³-hybridized carbons (Fsp3) is 0.412. The number of aryl methyl sites for hydroxylation is 1. The number of aliphatic hydroxyl groups is 1. The molecule has 0 saturated carbocycles. The molecule has 0 aliphatic carbocycles. The van der Waals surface area contributed by atoms with E-state index in [9.17, 15) is 52.6 Å². The number of carbonyl (C=O) groups is 8. The van der Waals surface area contributed by atoms with E-state index in [0.29, 0.717) is 59.0 Å². The number of halogens is 1. The predicted octanol–water partition coefficient (Wildman–Crippen LogP) is 3.36. The zero-order chi connectivity index (χ0) is 51.5. The van der Waals surface area contributed by atoms with Gasteiger partial charge in [-0.05, 0) is 55.0 Å². The van der Waals surface area contributed by atoms with Gasteiger partial charge < -0.3 is 35.7 Å². The Bertz CT molecular complexity index is 2880. The third kappa shape index (κ3) is 12.7. The van der Waals surface area contributed by atoms with Gasteiger partial charge in [0.25, 0.3) is 17.4 Å². The molecule has 18 nitrogen and oxygen atoms in total. The molecule has 3 aliphatic rings. The molecule has 0 bridgehead atoms. The molecule has 0 fully saturated rings. The maximum Gasteiger partial charge on any atom is 0.343 e. The maximum atomic E-state index is 14.9. The van der Waals surface area contributed by atoms with E-state index >= 15 is 0 Å². The number of pyridine rings is 2. The molecule has 0 saturated heterocycles. The van der Waals surface area contributed by atoms with E-state index in [4.69, 9.17) is 9.72 Å². The average Bonchev–Trinajstić information content (AvgIpc) is 3.90. The van der Waals surface area contributed by atoms with Gasteiger partial charge in [-0.15, -0.1) is 11.8 Å². The number of benzene rings is 2. The Hall–Kier alpha value is -6.71. The number of rotatable bonds is 25. The SMILES string of the molecule is CCC1(O)C(=O)OCc2c1cc1n(c2=O)Cc2c-1nc1cc(F)c(C)cc1c2CSCCSCNC(=O)CNC(=O)[C@H](Cc1ccccc1)NC(=O)CNC(=O)CCC(=O)CCCCCN1C(=O)C=CC1=O. The number of hydrogen-bond acceptors (Lipinski definition) is 14. The number of imide groups is 1. The number of ketones is 1. The summed E-state index contributed by atoms with van der Waals surface area (Å²) < 4.78 is 21.7. The van der Waals surface area contributed by atoms with Crippen molar-refractivity contribution in [3.8, 4) is 11.4 Å². The molecule has 6 amide bonds. The maximum absolute atomic E-state index is 14.9. The summed E-state index contributed by atoms with van der Waals surface area (Å²) in [6.07, 6.45) is 4.39. The average molecular weight is 1030 g/mol. The number of hydrogen-bond donors (Lipinski definition) is 5. The molecule has 2 aromatic heterocycles. The highest BCUT2D eigenvalue weighted by atomic mass is 32.2. The first-order chi connectivity index (χ1) is 34.6. The number of thioether (sulfide) groups is 2. The summed E-state index contributed by atoms with van der Waals surface area (Å²) in [5.41, 5.74) is 2.23. The van der Waals surface area contributed by atoms with Crippen LogP contribution in [0.1, 0.15) is 85.3 Å². The quantitative estimate of drug-likeness (QED) is 0.0244. The van der Waals surface area contributed by atoms with Crippen molar-refractivity contribution < 1.29 is 52.6 Å². The molecule has 2 atom stereocenters. The summed E-state index contributed by atoms with van der Waals surface area (Å²) in [6, 6.07) is 12.6. The minimum Gasteiger partial charge on any atom is -0.458 e. The predicted molar refractivity (Wildman–Crippen MR) is 268 cm³/mol. The van der Waals surface area contributed by atoms with Crippen LogP contribution in [0, 0.1) is 12.7 Å². The van der Waals surface area contributed by atoms with Gasteiger partial charge >= 0.3 is 5.97 Å². The van der Waals surface area contributed by atoms with Gasteiger partial charge in [-0.1, -0.05) is 43.7 Å². The van der Waals surface area contributed by atoms with E-state index < -0.39 is 59.2 Å². The Morgan fingerprint density at radius 3 is 2.35 bits per heavy atom. The third-order valence-electron chi connectivity index (χ3n) is 12.7. The first-order valence-electron chi connectivity index (χ1n) is 23.7. The molecule has 5 N–H and O–H groups in total. The van der Waals surface area contributed by atoms with Crippen LogP contribution in [-0.2, 0) is 74.0 Å². The zero-order valence-corrected chi connectivity index (χ0v) is 41.6. The van der Waals surface area contributed by atoms with Crippen molar-refractivity contribution in [1.29, 1.82) is 0 Å². The largest absolute Gasteiger partial charge is 0.458 e. The molecule has 0 radical (unpaired) electrons. The van der Waals surface area contributed by atoms with E-state index in [1.165, 1.54) is 30.0 Å². The summed E-state index contributed by atoms with van der Waals surface area (Å²) >= 11 is 3.08. The zero-order valence-electron chi connectivity index (χ0n) is 39.9. The monoisotopic (exact) mass is 1030 g/mol. The number of ether oxygens (including phenoxy) is 1. The van der Waals surface area contributed by atoms with Crippen LogP contribution in [0.3, 0.4) is 0 Å². The highest BCUT2D eigenvalue weighted by molar-refractivity contribution is 8.02. The van der Waals surface area contributed by atoms with Gasteiger partial charge in [0.2, 0.25) is 23.6 Å². The lowest BCUT2D eigenvalue weighted by atomic mass is 9.86. The first-order valence-corrected chi connectivity index (χ1v) is 26.0. The van der Waals surface area contributed by atoms with Gasteiger partial charge in [0.05, 0.1) is 48.0 Å². The molecule has 380 valence electrons. The topological polar surface area (TPSA) is 252 Å². The summed E-state index contributed by atoms with van der Waals surface area (Å²) in [4.78, 5) is 120. The Labute approximate surface area is 422 Å². The second-order valence-electron chi connectivity index (χ2n) is 17.7. The molecule has 21 heteroatoms. The van der Waals surface area contributed by atoms with Crippen molar-refractivity contribution in [3.05, 3.63) is 110 Å². The van der Waals surface area contributed by atoms with Crippen molar-refractivity contribution in [1.82, 2.24) is 35.7 Å². The molecule has 1 unspecified atom stereocenters. The standard InChI is InChI=1S/C51H56FN7O11S2/c1-3-51(69)37-22-41-47-34(26-59(41)49(67)35(37)27-70-50(51)68)36(33-20-30(2)38(52)23-39(33)57-47)28-71-18-19-72-29-55-43(62)24-54-48(66)40(21-31-10-6-4-7-11-31)56-44(63)25-53-42(61)14-13-32(60)12-8-5-9-17-58-45(64)15-16-46(58)65/h4,6-7,10-11,15-16,20,22-23,40,69H,3,5,8-9,12-14,17-19,21,24-29H2,1-2H3,(H,53,61)(H,54,66)(H,55,62)(H,56,63)/t40-,51?/m0/s1. The van der Waals surface area contributed by atoms with Crippen LogP contribution >= 0.6 is 23.5 Å². The number of esters is 1. The van der Waals surface area contributed by atoms with Crippen LogP contribution in [0.15, 0.2) is 65.5 Å². The molecule has 5 heterocycles. The Morgan fingerprint density at radius 1 is 0.861 bits per heavy atom. The van der Waals surface area contributed by atoms with Crippen LogP contribution in [0.5, 0.6) is 0 Å². The molecule has 72 heavy (non-hydrogen) atoms. The molecule has 7 rings (SSSR count). The van der Waals surface area contributed by atoms with Crippen LogP contribution in [0.4, 0.5) is 4.39 Å². The lowest BCUT2D eigenvalue weighted by Gasteiger charge is -2.31. The fourth-order valence-corrected chi connectivity index (χ4v) is 10.7. The number of Topliss-reactive ketones (excluding diaryl/α,β-unsaturated/α-hetero) is 1. The lowest BCUT2D eigenvalue weighted by Crippen LogP contribution is -2.52. The van der Waals surface area contributed by atoms with Crippen molar-refractivity contribution in [3.63, 3.8) is 0 Å². The van der Waals surface area contributed by atoms with E-state index in [2.05, 4.69) is 21.3 Å². The number of cyclic esters (lactones) is 1. The molecular weight excluding hydrogens is 970 g/mol. The van der Waals surface area contributed by atoms with Crippen molar-refractivity contribution in [2.45, 2.75) is 95.8 Å². The van der Waals surface area contributed by atoms with E-state index in [-0.39, 0.29) is 92.9 Å². The highest BCUT2D eigenvalue weighted by Crippen LogP contribution is 2.41. The van der Waals surface area contributed by atoms with E-state index in [0.717, 1.165) is 27.0 Å². The van der Waals surface area contributed by atoms with E-state index in [1.807, 2.05) is 6.07 Å². The number of fused-ring (bicyclic) bond motifs is 5. The minimum absolute atomic E-state index is 0.00178. The number of amides is 6. The number of aromatic nitrogens is 2. The number of unbranched alkanes of at least 4 members (excludes halogenated alkanes) is 2. The summed E-state index contributed by atoms with van der Waals surface area (Å²) in [5, 5.41) is 22.5. The Kier molecular flexibility index (Phi) is 17.8. The highest BCUT2D eigenvalue weighted by Gasteiger charge is 2.45. The molecule has 4 aromatic rings. The molecular formula is C51H56FN7O11S2. The number of nitrogens with zero attached hydrogens (tertiary/aromatic N) is 3. The van der Waals surface area contributed by atoms with Crippen molar-refractivity contribution >= 4 is 81.6 Å². The van der Waals surface area contributed by atoms with Crippen LogP contribution in [0.25, 0.3) is 22.3 Å². The summed E-state index contributed by atoms with van der Waals surface area (Å²) in [7, 11) is 0. The Morgan fingerprint density at radius 2 is 1.60 bits per heavy atom. The second-order valence-corrected chi connectivity index (χ2v) is 19.9. The fourth-order valence-electron chi connectivity index (χ4n) is 8.68. The smallest absolute Gasteiger partial charge is 0.343 e. The van der Waals surface area contributed by atoms with Crippen molar-refractivity contribution in [2.75, 3.05) is 37.0 Å². The van der Waals surface area contributed by atoms with Gasteiger partial charge in [0.15, 0.2) is 5.60 Å².